The van der Waals surface area contributed by atoms with Crippen LogP contribution < -0.4 is 0 Å². The van der Waals surface area contributed by atoms with Crippen molar-refractivity contribution in [2.45, 2.75) is 34.6 Å². The first-order chi connectivity index (χ1) is 7.31. The Morgan fingerprint density at radius 2 is 1.33 bits per heavy atom. The zero-order valence-corrected chi connectivity index (χ0v) is 11.2. The second kappa shape index (κ2) is 38.7. The lowest BCUT2D eigenvalue weighted by Crippen LogP contribution is -1.62. The van der Waals surface area contributed by atoms with Crippen LogP contribution in [0, 0.1) is 0 Å². The Morgan fingerprint density at radius 1 is 0.933 bits per heavy atom. The van der Waals surface area contributed by atoms with Gasteiger partial charge in [0.05, 0.1) is 0 Å². The minimum Gasteiger partial charge on any atom is -0.106 e. The van der Waals surface area contributed by atoms with E-state index in [1.807, 2.05) is 58.9 Å². The third kappa shape index (κ3) is 44.8. The van der Waals surface area contributed by atoms with Crippen LogP contribution >= 0.6 is 0 Å². The third-order valence-corrected chi connectivity index (χ3v) is 0.827. The topological polar surface area (TPSA) is 0 Å². The van der Waals surface area contributed by atoms with E-state index in [4.69, 9.17) is 0 Å². The van der Waals surface area contributed by atoms with Crippen LogP contribution in [0.1, 0.15) is 34.6 Å². The van der Waals surface area contributed by atoms with Crippen LogP contribution in [0.25, 0.3) is 0 Å². The SMILES string of the molecule is C=C.C=C/C=C\C(=C)/C=C\C.CC.CC. The van der Waals surface area contributed by atoms with Gasteiger partial charge in [-0.05, 0) is 12.5 Å². The van der Waals surface area contributed by atoms with Crippen molar-refractivity contribution in [1.29, 1.82) is 0 Å². The van der Waals surface area contributed by atoms with Gasteiger partial charge in [-0.1, -0.05) is 71.2 Å². The molecule has 0 nitrogen and oxygen atoms in total. The molecule has 0 saturated carbocycles. The van der Waals surface area contributed by atoms with Crippen LogP contribution in [-0.2, 0) is 0 Å². The molecule has 0 aromatic rings. The highest BCUT2D eigenvalue weighted by atomic mass is 13.8. The zero-order chi connectivity index (χ0) is 13.1. The molecule has 0 aliphatic rings. The molecule has 0 aliphatic carbocycles. The molecule has 0 aromatic carbocycles. The highest BCUT2D eigenvalue weighted by Gasteiger charge is 1.72. The highest BCUT2D eigenvalue weighted by molar-refractivity contribution is 5.28. The largest absolute Gasteiger partial charge is 0.106 e. The summed E-state index contributed by atoms with van der Waals surface area (Å²) in [7, 11) is 0. The predicted octanol–water partition coefficient (Wildman–Crippen LogP) is 5.72. The molecule has 0 radical (unpaired) electrons. The van der Waals surface area contributed by atoms with Crippen molar-refractivity contribution in [2.24, 2.45) is 0 Å². The van der Waals surface area contributed by atoms with Crippen LogP contribution in [0.2, 0.25) is 0 Å². The Bertz CT molecular complexity index is 159. The normalized spacial score (nSPS) is 7.53. The van der Waals surface area contributed by atoms with Crippen LogP contribution in [0.4, 0.5) is 0 Å². The summed E-state index contributed by atoms with van der Waals surface area (Å²) in [5.41, 5.74) is 0.998. The second-order valence-electron chi connectivity index (χ2n) is 1.67. The van der Waals surface area contributed by atoms with Crippen molar-refractivity contribution in [3.05, 3.63) is 62.3 Å². The molecular formula is C15H28. The molecule has 0 N–H and O–H groups in total. The summed E-state index contributed by atoms with van der Waals surface area (Å²) in [6.45, 7) is 23.3. The lowest BCUT2D eigenvalue weighted by molar-refractivity contribution is 1.50. The van der Waals surface area contributed by atoms with E-state index in [1.165, 1.54) is 0 Å². The number of allylic oxidation sites excluding steroid dienone is 6. The van der Waals surface area contributed by atoms with E-state index in [-0.39, 0.29) is 0 Å². The number of hydrogen-bond donors (Lipinski definition) is 0. The van der Waals surface area contributed by atoms with E-state index in [0.29, 0.717) is 0 Å². The van der Waals surface area contributed by atoms with Gasteiger partial charge in [-0.25, -0.2) is 0 Å². The maximum Gasteiger partial charge on any atom is -0.0332 e. The third-order valence-electron chi connectivity index (χ3n) is 0.827. The highest BCUT2D eigenvalue weighted by Crippen LogP contribution is 1.93. The van der Waals surface area contributed by atoms with Gasteiger partial charge in [0.25, 0.3) is 0 Å². The minimum atomic E-state index is 0.998. The monoisotopic (exact) mass is 208 g/mol. The van der Waals surface area contributed by atoms with Crippen LogP contribution in [0.5, 0.6) is 0 Å². The molecule has 0 unspecified atom stereocenters. The van der Waals surface area contributed by atoms with Crippen molar-refractivity contribution in [1.82, 2.24) is 0 Å². The fourth-order valence-corrected chi connectivity index (χ4v) is 0.461. The smallest absolute Gasteiger partial charge is 0.0332 e. The molecule has 15 heavy (non-hydrogen) atoms. The quantitative estimate of drug-likeness (QED) is 0.411. The van der Waals surface area contributed by atoms with Crippen molar-refractivity contribution >= 4 is 0 Å². The van der Waals surface area contributed by atoms with E-state index >= 15 is 0 Å². The van der Waals surface area contributed by atoms with E-state index in [9.17, 15) is 0 Å². The summed E-state index contributed by atoms with van der Waals surface area (Å²) >= 11 is 0. The summed E-state index contributed by atoms with van der Waals surface area (Å²) < 4.78 is 0. The summed E-state index contributed by atoms with van der Waals surface area (Å²) in [4.78, 5) is 0. The average molecular weight is 208 g/mol. The summed E-state index contributed by atoms with van der Waals surface area (Å²) in [5, 5.41) is 0. The number of rotatable bonds is 3. The van der Waals surface area contributed by atoms with Gasteiger partial charge in [-0.15, -0.1) is 13.2 Å². The van der Waals surface area contributed by atoms with Gasteiger partial charge in [-0.2, -0.15) is 0 Å². The Morgan fingerprint density at radius 3 is 1.60 bits per heavy atom. The van der Waals surface area contributed by atoms with E-state index < -0.39 is 0 Å². The van der Waals surface area contributed by atoms with Crippen molar-refractivity contribution in [3.8, 4) is 0 Å². The number of hydrogen-bond acceptors (Lipinski definition) is 0. The standard InChI is InChI=1S/C9H12.2C2H6.C2H4/c1-4-6-8-9(3)7-5-2;3*1-2/h4-8H,1,3H2,2H3;2*1-2H3;1-2H2/b7-5-,8-6-;;;. The molecule has 88 valence electrons. The molecule has 0 amide bonds. The average Bonchev–Trinajstić information content (AvgIpc) is 2.34. The van der Waals surface area contributed by atoms with Crippen LogP contribution in [-0.4, -0.2) is 0 Å². The Balaban J connectivity index is -0.0000000860. The molecule has 0 atom stereocenters. The van der Waals surface area contributed by atoms with E-state index in [2.05, 4.69) is 26.3 Å². The first-order valence-electron chi connectivity index (χ1n) is 5.42. The lowest BCUT2D eigenvalue weighted by atomic mass is 10.2. The lowest BCUT2D eigenvalue weighted by Gasteiger charge is -1.83. The first-order valence-corrected chi connectivity index (χ1v) is 5.42. The molecule has 0 rings (SSSR count). The molecule has 0 heteroatoms. The van der Waals surface area contributed by atoms with Gasteiger partial charge in [0.15, 0.2) is 0 Å². The molecule has 0 spiro atoms. The summed E-state index contributed by atoms with van der Waals surface area (Å²) in [6, 6.07) is 0. The van der Waals surface area contributed by atoms with E-state index in [1.54, 1.807) is 6.08 Å². The fraction of sp³-hybridized carbons (Fsp3) is 0.333. The van der Waals surface area contributed by atoms with Gasteiger partial charge in [-0.3, -0.25) is 0 Å². The van der Waals surface area contributed by atoms with Gasteiger partial charge in [0, 0.05) is 0 Å². The van der Waals surface area contributed by atoms with Crippen molar-refractivity contribution < 1.29 is 0 Å². The molecule has 0 aromatic heterocycles. The molecule has 0 heterocycles. The Kier molecular flexibility index (Phi) is 60.6. The molecule has 0 saturated heterocycles. The molecule has 0 aliphatic heterocycles. The van der Waals surface area contributed by atoms with Crippen LogP contribution in [0.15, 0.2) is 62.3 Å². The van der Waals surface area contributed by atoms with Crippen LogP contribution in [0.3, 0.4) is 0 Å². The van der Waals surface area contributed by atoms with Gasteiger partial charge >= 0.3 is 0 Å². The van der Waals surface area contributed by atoms with Gasteiger partial charge < -0.3 is 0 Å². The van der Waals surface area contributed by atoms with Gasteiger partial charge in [0.1, 0.15) is 0 Å². The molecule has 0 bridgehead atoms. The maximum absolute atomic E-state index is 3.76. The molecule has 0 fully saturated rings. The Hall–Kier alpha value is -1.30. The Labute approximate surface area is 97.4 Å². The predicted molar refractivity (Wildman–Crippen MR) is 77.2 cm³/mol. The fourth-order valence-electron chi connectivity index (χ4n) is 0.461. The van der Waals surface area contributed by atoms with Crippen molar-refractivity contribution in [2.75, 3.05) is 0 Å². The summed E-state index contributed by atoms with van der Waals surface area (Å²) in [5.74, 6) is 0. The molecular weight excluding hydrogens is 180 g/mol. The summed E-state index contributed by atoms with van der Waals surface area (Å²) in [6.07, 6.45) is 9.40. The van der Waals surface area contributed by atoms with E-state index in [0.717, 1.165) is 5.57 Å². The zero-order valence-electron chi connectivity index (χ0n) is 11.2. The van der Waals surface area contributed by atoms with Crippen molar-refractivity contribution in [3.63, 3.8) is 0 Å². The maximum atomic E-state index is 3.76. The second-order valence-corrected chi connectivity index (χ2v) is 1.67. The minimum absolute atomic E-state index is 0.998. The first kappa shape index (κ1) is 23.5. The van der Waals surface area contributed by atoms with Gasteiger partial charge in [0.2, 0.25) is 0 Å².